The minimum atomic E-state index is -4.41. The van der Waals surface area contributed by atoms with Crippen LogP contribution in [0, 0.1) is 0 Å². The average Bonchev–Trinajstić information content (AvgIpc) is 3.42. The number of hydrogen-bond donors (Lipinski definition) is 1. The van der Waals surface area contributed by atoms with Gasteiger partial charge in [0.05, 0.1) is 27.7 Å². The van der Waals surface area contributed by atoms with Crippen LogP contribution >= 0.6 is 7.82 Å². The van der Waals surface area contributed by atoms with E-state index in [2.05, 4.69) is 135 Å². The number of allylic oxidation sites excluding steroid dienone is 20. The van der Waals surface area contributed by atoms with Gasteiger partial charge in [-0.3, -0.25) is 18.6 Å². The van der Waals surface area contributed by atoms with Gasteiger partial charge in [-0.15, -0.1) is 0 Å². The smallest absolute Gasteiger partial charge is 0.462 e. The number of ether oxygens (including phenoxy) is 2. The zero-order chi connectivity index (χ0) is 58.4. The summed E-state index contributed by atoms with van der Waals surface area (Å²) in [6.45, 7) is 4.26. The maximum Gasteiger partial charge on any atom is 0.472 e. The maximum absolute atomic E-state index is 12.8. The Kier molecular flexibility index (Phi) is 57.3. The molecule has 0 radical (unpaired) electrons. The zero-order valence-corrected chi connectivity index (χ0v) is 52.9. The van der Waals surface area contributed by atoms with Gasteiger partial charge >= 0.3 is 19.8 Å². The van der Waals surface area contributed by atoms with Gasteiger partial charge in [0.1, 0.15) is 19.8 Å². The summed E-state index contributed by atoms with van der Waals surface area (Å²) in [5.74, 6) is -0.869. The predicted molar refractivity (Wildman–Crippen MR) is 344 cm³/mol. The van der Waals surface area contributed by atoms with Crippen molar-refractivity contribution in [2.45, 2.75) is 264 Å². The quantitative estimate of drug-likeness (QED) is 0.0211. The molecule has 9 nitrogen and oxygen atoms in total. The van der Waals surface area contributed by atoms with Crippen molar-refractivity contribution in [2.24, 2.45) is 0 Å². The number of carbonyl (C=O) groups excluding carboxylic acids is 2. The van der Waals surface area contributed by atoms with Gasteiger partial charge in [0.2, 0.25) is 0 Å². The first-order valence-corrected chi connectivity index (χ1v) is 33.8. The Hall–Kier alpha value is -3.59. The highest BCUT2D eigenvalue weighted by molar-refractivity contribution is 7.47. The van der Waals surface area contributed by atoms with Crippen molar-refractivity contribution in [3.63, 3.8) is 0 Å². The Bertz CT molecular complexity index is 1760. The van der Waals surface area contributed by atoms with Gasteiger partial charge in [-0.25, -0.2) is 4.57 Å². The molecular formula is C70H121NO8P+. The van der Waals surface area contributed by atoms with Crippen LogP contribution in [0.3, 0.4) is 0 Å². The number of likely N-dealkylation sites (N-methyl/N-ethyl adjacent to an activating group) is 1. The van der Waals surface area contributed by atoms with Crippen LogP contribution in [0.1, 0.15) is 258 Å². The average molecular weight is 1140 g/mol. The molecule has 0 rings (SSSR count). The molecule has 10 heteroatoms. The second-order valence-corrected chi connectivity index (χ2v) is 23.9. The van der Waals surface area contributed by atoms with Gasteiger partial charge in [-0.05, 0) is 103 Å². The molecule has 0 aliphatic heterocycles. The van der Waals surface area contributed by atoms with Gasteiger partial charge in [0.15, 0.2) is 6.10 Å². The number of quaternary nitrogens is 1. The fraction of sp³-hybridized carbons (Fsp3) is 0.686. The molecule has 0 aliphatic rings. The number of phosphoric ester groups is 1. The molecule has 458 valence electrons. The van der Waals surface area contributed by atoms with Crippen molar-refractivity contribution in [3.8, 4) is 0 Å². The van der Waals surface area contributed by atoms with Crippen molar-refractivity contribution >= 4 is 19.8 Å². The molecule has 0 fully saturated rings. The monoisotopic (exact) mass is 1130 g/mol. The molecule has 0 aliphatic carbocycles. The minimum absolute atomic E-state index is 0.0150. The van der Waals surface area contributed by atoms with E-state index in [1.807, 2.05) is 21.1 Å². The number of phosphoric acid groups is 1. The van der Waals surface area contributed by atoms with E-state index >= 15 is 0 Å². The number of esters is 2. The van der Waals surface area contributed by atoms with Crippen molar-refractivity contribution in [1.82, 2.24) is 0 Å². The molecular weight excluding hydrogens is 1010 g/mol. The SMILES string of the molecule is CC/C=C\C/C=C\C/C=C\C/C=C\C/C=C\C/C=C\C/C=C\C/C=C\C/C=C\CCCC(=O)OC(COC(=O)CCCCCCCCCCCCCCCCC/C=C\CCCCCCCCCC)COP(=O)(O)OCC[N+](C)(C)C. The van der Waals surface area contributed by atoms with E-state index in [1.54, 1.807) is 0 Å². The topological polar surface area (TPSA) is 108 Å². The Labute approximate surface area is 492 Å². The Morgan fingerprint density at radius 2 is 0.725 bits per heavy atom. The molecule has 0 aromatic rings. The fourth-order valence-electron chi connectivity index (χ4n) is 8.54. The van der Waals surface area contributed by atoms with Crippen molar-refractivity contribution in [2.75, 3.05) is 47.5 Å². The Morgan fingerprint density at radius 3 is 1.11 bits per heavy atom. The maximum atomic E-state index is 12.8. The summed E-state index contributed by atoms with van der Waals surface area (Å²) in [5, 5.41) is 0. The highest BCUT2D eigenvalue weighted by Crippen LogP contribution is 2.43. The van der Waals surface area contributed by atoms with E-state index in [0.29, 0.717) is 23.9 Å². The molecule has 0 heterocycles. The predicted octanol–water partition coefficient (Wildman–Crippen LogP) is 20.7. The first kappa shape index (κ1) is 76.4. The molecule has 0 aromatic heterocycles. The summed E-state index contributed by atoms with van der Waals surface area (Å²) < 4.78 is 34.6. The Morgan fingerprint density at radius 1 is 0.400 bits per heavy atom. The third kappa shape index (κ3) is 63.6. The number of hydrogen-bond acceptors (Lipinski definition) is 7. The van der Waals surface area contributed by atoms with Gasteiger partial charge < -0.3 is 18.9 Å². The lowest BCUT2D eigenvalue weighted by atomic mass is 10.0. The Balaban J connectivity index is 4.23. The standard InChI is InChI=1S/C70H120NO8P/c1-6-8-10-12-14-16-18-20-22-24-26-28-30-32-34-35-37-39-41-43-45-47-49-51-53-55-57-59-61-63-70(73)79-68(67-78-80(74,75)77-65-64-71(3,4)5)66-76-69(72)62-60-58-56-54-52-50-48-46-44-42-40-38-36-33-31-29-27-25-23-21-19-17-15-13-11-9-7-2/h8,10,14,16,20,22,25-28,32,34,37,39,43,45,49,51,55,57,68H,6-7,9,11-13,15,17-19,21,23-24,29-31,33,35-36,38,40-42,44,46-48,50,52-54,56,58-67H2,1-5H3/p+1/b10-8-,16-14-,22-20-,27-25-,28-26-,34-32-,39-37-,45-43-,51-49-,57-55-. The lowest BCUT2D eigenvalue weighted by molar-refractivity contribution is -0.870. The van der Waals surface area contributed by atoms with E-state index in [-0.39, 0.29) is 32.0 Å². The van der Waals surface area contributed by atoms with E-state index in [1.165, 1.54) is 141 Å². The summed E-state index contributed by atoms with van der Waals surface area (Å²) in [4.78, 5) is 35.8. The third-order valence-electron chi connectivity index (χ3n) is 13.5. The van der Waals surface area contributed by atoms with Crippen LogP contribution in [-0.4, -0.2) is 74.9 Å². The number of rotatable bonds is 58. The third-order valence-corrected chi connectivity index (χ3v) is 14.5. The molecule has 2 atom stereocenters. The van der Waals surface area contributed by atoms with E-state index in [4.69, 9.17) is 18.5 Å². The normalized spacial score (nSPS) is 14.0. The lowest BCUT2D eigenvalue weighted by Gasteiger charge is -2.24. The van der Waals surface area contributed by atoms with Gasteiger partial charge in [0.25, 0.3) is 0 Å². The van der Waals surface area contributed by atoms with Crippen LogP contribution in [-0.2, 0) is 32.7 Å². The number of carbonyl (C=O) groups is 2. The first-order chi connectivity index (χ1) is 39.0. The number of nitrogens with zero attached hydrogens (tertiary/aromatic N) is 1. The van der Waals surface area contributed by atoms with Crippen molar-refractivity contribution < 1.29 is 42.1 Å². The molecule has 1 N–H and O–H groups in total. The van der Waals surface area contributed by atoms with Crippen molar-refractivity contribution in [1.29, 1.82) is 0 Å². The first-order valence-electron chi connectivity index (χ1n) is 32.3. The molecule has 0 saturated carbocycles. The summed E-state index contributed by atoms with van der Waals surface area (Å²) in [5.41, 5.74) is 0. The fourth-order valence-corrected chi connectivity index (χ4v) is 9.28. The van der Waals surface area contributed by atoms with Crippen LogP contribution in [0.2, 0.25) is 0 Å². The van der Waals surface area contributed by atoms with E-state index in [9.17, 15) is 19.0 Å². The molecule has 2 unspecified atom stereocenters. The molecule has 0 aromatic carbocycles. The zero-order valence-electron chi connectivity index (χ0n) is 52.0. The highest BCUT2D eigenvalue weighted by atomic mass is 31.2. The summed E-state index contributed by atoms with van der Waals surface area (Å²) in [6, 6.07) is 0. The van der Waals surface area contributed by atoms with Gasteiger partial charge in [-0.1, -0.05) is 264 Å². The van der Waals surface area contributed by atoms with Crippen LogP contribution in [0.5, 0.6) is 0 Å². The van der Waals surface area contributed by atoms with Crippen molar-refractivity contribution in [3.05, 3.63) is 122 Å². The summed E-state index contributed by atoms with van der Waals surface area (Å²) in [7, 11) is 1.43. The van der Waals surface area contributed by atoms with Crippen LogP contribution in [0.15, 0.2) is 122 Å². The van der Waals surface area contributed by atoms with Crippen LogP contribution in [0.25, 0.3) is 0 Å². The minimum Gasteiger partial charge on any atom is -0.462 e. The second kappa shape index (κ2) is 60.0. The molecule has 0 spiro atoms. The molecule has 80 heavy (non-hydrogen) atoms. The van der Waals surface area contributed by atoms with E-state index in [0.717, 1.165) is 77.0 Å². The molecule has 0 saturated heterocycles. The number of unbranched alkanes of at least 4 members (excludes halogenated alkanes) is 24. The van der Waals surface area contributed by atoms with Crippen LogP contribution < -0.4 is 0 Å². The second-order valence-electron chi connectivity index (χ2n) is 22.4. The molecule has 0 amide bonds. The summed E-state index contributed by atoms with van der Waals surface area (Å²) in [6.07, 6.45) is 85.8. The van der Waals surface area contributed by atoms with Gasteiger partial charge in [-0.2, -0.15) is 0 Å². The van der Waals surface area contributed by atoms with Crippen LogP contribution in [0.4, 0.5) is 0 Å². The van der Waals surface area contributed by atoms with E-state index < -0.39 is 26.5 Å². The highest BCUT2D eigenvalue weighted by Gasteiger charge is 2.27. The lowest BCUT2D eigenvalue weighted by Crippen LogP contribution is -2.37. The molecule has 0 bridgehead atoms. The largest absolute Gasteiger partial charge is 0.472 e. The summed E-state index contributed by atoms with van der Waals surface area (Å²) >= 11 is 0. The van der Waals surface area contributed by atoms with Gasteiger partial charge in [0, 0.05) is 12.8 Å².